The van der Waals surface area contributed by atoms with Gasteiger partial charge in [0.25, 0.3) is 0 Å². The molecular weight excluding hydrogens is 204 g/mol. The van der Waals surface area contributed by atoms with Crippen molar-refractivity contribution in [2.75, 3.05) is 26.8 Å². The van der Waals surface area contributed by atoms with Crippen LogP contribution < -0.4 is 5.73 Å². The fourth-order valence-electron chi connectivity index (χ4n) is 1.97. The van der Waals surface area contributed by atoms with Crippen molar-refractivity contribution in [3.63, 3.8) is 0 Å². The average molecular weight is 228 g/mol. The van der Waals surface area contributed by atoms with E-state index in [2.05, 4.69) is 6.92 Å². The van der Waals surface area contributed by atoms with E-state index < -0.39 is 0 Å². The minimum Gasteiger partial charge on any atom is -0.383 e. The van der Waals surface area contributed by atoms with Crippen molar-refractivity contribution in [1.29, 1.82) is 0 Å². The van der Waals surface area contributed by atoms with Gasteiger partial charge >= 0.3 is 0 Å². The normalized spacial score (nSPS) is 17.2. The first-order chi connectivity index (χ1) is 7.74. The molecule has 2 N–H and O–H groups in total. The molecule has 0 saturated heterocycles. The molecule has 1 rings (SSSR count). The number of rotatable bonds is 8. The number of amides is 1. The molecule has 0 aromatic heterocycles. The summed E-state index contributed by atoms with van der Waals surface area (Å²) >= 11 is 0. The third kappa shape index (κ3) is 3.76. The molecule has 4 heteroatoms. The Hall–Kier alpha value is -0.610. The third-order valence-corrected chi connectivity index (χ3v) is 3.08. The number of nitrogens with two attached hydrogens (primary N) is 1. The van der Waals surface area contributed by atoms with Gasteiger partial charge in [-0.2, -0.15) is 0 Å². The fraction of sp³-hybridized carbons (Fsp3) is 0.917. The van der Waals surface area contributed by atoms with Crippen LogP contribution in [0.15, 0.2) is 0 Å². The highest BCUT2D eigenvalue weighted by molar-refractivity contribution is 5.79. The van der Waals surface area contributed by atoms with Crippen molar-refractivity contribution in [2.24, 2.45) is 11.7 Å². The van der Waals surface area contributed by atoms with Crippen LogP contribution in [0, 0.1) is 5.92 Å². The zero-order valence-electron chi connectivity index (χ0n) is 10.4. The molecule has 1 atom stereocenters. The quantitative estimate of drug-likeness (QED) is 0.674. The summed E-state index contributed by atoms with van der Waals surface area (Å²) in [5.74, 6) is 0.228. The van der Waals surface area contributed by atoms with E-state index in [1.807, 2.05) is 4.90 Å². The summed E-state index contributed by atoms with van der Waals surface area (Å²) in [5, 5.41) is 0. The molecule has 1 amide bonds. The maximum absolute atomic E-state index is 12.2. The summed E-state index contributed by atoms with van der Waals surface area (Å²) in [4.78, 5) is 14.2. The van der Waals surface area contributed by atoms with Gasteiger partial charge in [-0.3, -0.25) is 4.79 Å². The first-order valence-corrected chi connectivity index (χ1v) is 6.24. The van der Waals surface area contributed by atoms with E-state index in [4.69, 9.17) is 10.5 Å². The predicted molar refractivity (Wildman–Crippen MR) is 64.1 cm³/mol. The smallest absolute Gasteiger partial charge is 0.227 e. The molecule has 0 aromatic rings. The number of carbonyl (C=O) groups excluding carboxylic acids is 1. The Labute approximate surface area is 98.1 Å². The average Bonchev–Trinajstić information content (AvgIpc) is 3.10. The van der Waals surface area contributed by atoms with Gasteiger partial charge in [-0.25, -0.2) is 0 Å². The van der Waals surface area contributed by atoms with Gasteiger partial charge in [0.15, 0.2) is 0 Å². The Morgan fingerprint density at radius 3 is 2.69 bits per heavy atom. The maximum Gasteiger partial charge on any atom is 0.227 e. The van der Waals surface area contributed by atoms with Crippen LogP contribution in [0.1, 0.15) is 32.6 Å². The Balaban J connectivity index is 2.50. The third-order valence-electron chi connectivity index (χ3n) is 3.08. The largest absolute Gasteiger partial charge is 0.383 e. The molecule has 1 fully saturated rings. The predicted octanol–water partition coefficient (Wildman–Crippen LogP) is 0.999. The standard InChI is InChI=1S/C12H24N2O2/c1-3-4-10(9-13)12(15)14(7-8-16-2)11-5-6-11/h10-11H,3-9,13H2,1-2H3. The van der Waals surface area contributed by atoms with E-state index in [1.165, 1.54) is 0 Å². The molecule has 4 nitrogen and oxygen atoms in total. The minimum absolute atomic E-state index is 0.00227. The summed E-state index contributed by atoms with van der Waals surface area (Å²) in [7, 11) is 1.67. The molecule has 1 unspecified atom stereocenters. The van der Waals surface area contributed by atoms with Crippen molar-refractivity contribution in [1.82, 2.24) is 4.90 Å². The number of hydrogen-bond acceptors (Lipinski definition) is 3. The number of nitrogens with zero attached hydrogens (tertiary/aromatic N) is 1. The number of carbonyl (C=O) groups is 1. The molecule has 1 aliphatic carbocycles. The first-order valence-electron chi connectivity index (χ1n) is 6.24. The zero-order chi connectivity index (χ0) is 12.0. The lowest BCUT2D eigenvalue weighted by Crippen LogP contribution is -2.42. The number of ether oxygens (including phenoxy) is 1. The summed E-state index contributed by atoms with van der Waals surface area (Å²) in [6.07, 6.45) is 4.18. The molecule has 16 heavy (non-hydrogen) atoms. The number of methoxy groups -OCH3 is 1. The zero-order valence-corrected chi connectivity index (χ0v) is 10.4. The Morgan fingerprint density at radius 1 is 1.56 bits per heavy atom. The van der Waals surface area contributed by atoms with Crippen molar-refractivity contribution in [3.8, 4) is 0 Å². The second kappa shape index (κ2) is 6.86. The molecule has 0 aromatic carbocycles. The van der Waals surface area contributed by atoms with Crippen molar-refractivity contribution in [3.05, 3.63) is 0 Å². The van der Waals surface area contributed by atoms with Crippen LogP contribution in [0.5, 0.6) is 0 Å². The summed E-state index contributed by atoms with van der Waals surface area (Å²) in [6.45, 7) is 3.88. The second-order valence-electron chi connectivity index (χ2n) is 4.48. The van der Waals surface area contributed by atoms with Crippen molar-refractivity contribution < 1.29 is 9.53 Å². The molecule has 94 valence electrons. The molecule has 0 radical (unpaired) electrons. The van der Waals surface area contributed by atoms with Crippen LogP contribution in [-0.2, 0) is 9.53 Å². The van der Waals surface area contributed by atoms with E-state index in [0.717, 1.165) is 25.7 Å². The summed E-state index contributed by atoms with van der Waals surface area (Å²) < 4.78 is 5.05. The van der Waals surface area contributed by atoms with Crippen LogP contribution in [0.2, 0.25) is 0 Å². The van der Waals surface area contributed by atoms with E-state index in [9.17, 15) is 4.79 Å². The highest BCUT2D eigenvalue weighted by atomic mass is 16.5. The van der Waals surface area contributed by atoms with Crippen LogP contribution in [0.3, 0.4) is 0 Å². The van der Waals surface area contributed by atoms with E-state index >= 15 is 0 Å². The highest BCUT2D eigenvalue weighted by Gasteiger charge is 2.34. The van der Waals surface area contributed by atoms with Gasteiger partial charge in [0.05, 0.1) is 12.5 Å². The molecular formula is C12H24N2O2. The summed E-state index contributed by atoms with van der Waals surface area (Å²) in [6, 6.07) is 0.452. The lowest BCUT2D eigenvalue weighted by molar-refractivity contribution is -0.136. The summed E-state index contributed by atoms with van der Waals surface area (Å²) in [5.41, 5.74) is 5.67. The van der Waals surface area contributed by atoms with Gasteiger partial charge in [0, 0.05) is 26.2 Å². The Kier molecular flexibility index (Phi) is 5.77. The minimum atomic E-state index is 0.00227. The molecule has 0 aliphatic heterocycles. The van der Waals surface area contributed by atoms with Crippen LogP contribution in [-0.4, -0.2) is 43.7 Å². The van der Waals surface area contributed by atoms with Gasteiger partial charge in [-0.15, -0.1) is 0 Å². The van der Waals surface area contributed by atoms with E-state index in [-0.39, 0.29) is 11.8 Å². The molecule has 0 spiro atoms. The second-order valence-corrected chi connectivity index (χ2v) is 4.48. The first kappa shape index (κ1) is 13.5. The Bertz CT molecular complexity index is 217. The lowest BCUT2D eigenvalue weighted by Gasteiger charge is -2.26. The SMILES string of the molecule is CCCC(CN)C(=O)N(CCOC)C1CC1. The molecule has 1 saturated carbocycles. The molecule has 1 aliphatic rings. The Morgan fingerprint density at radius 2 is 2.25 bits per heavy atom. The molecule has 0 heterocycles. The van der Waals surface area contributed by atoms with Crippen molar-refractivity contribution >= 4 is 5.91 Å². The number of hydrogen-bond donors (Lipinski definition) is 1. The van der Waals surface area contributed by atoms with Crippen LogP contribution >= 0.6 is 0 Å². The van der Waals surface area contributed by atoms with E-state index in [1.54, 1.807) is 7.11 Å². The van der Waals surface area contributed by atoms with Gasteiger partial charge in [-0.1, -0.05) is 13.3 Å². The molecule has 0 bridgehead atoms. The van der Waals surface area contributed by atoms with Gasteiger partial charge < -0.3 is 15.4 Å². The van der Waals surface area contributed by atoms with Gasteiger partial charge in [0.2, 0.25) is 5.91 Å². The lowest BCUT2D eigenvalue weighted by atomic mass is 10.0. The van der Waals surface area contributed by atoms with Gasteiger partial charge in [-0.05, 0) is 19.3 Å². The van der Waals surface area contributed by atoms with Crippen LogP contribution in [0.4, 0.5) is 0 Å². The topological polar surface area (TPSA) is 55.6 Å². The monoisotopic (exact) mass is 228 g/mol. The van der Waals surface area contributed by atoms with Gasteiger partial charge in [0.1, 0.15) is 0 Å². The maximum atomic E-state index is 12.2. The fourth-order valence-corrected chi connectivity index (χ4v) is 1.97. The van der Waals surface area contributed by atoms with E-state index in [0.29, 0.717) is 25.7 Å². The van der Waals surface area contributed by atoms with Crippen molar-refractivity contribution in [2.45, 2.75) is 38.6 Å². The highest BCUT2D eigenvalue weighted by Crippen LogP contribution is 2.28. The van der Waals surface area contributed by atoms with Crippen LogP contribution in [0.25, 0.3) is 0 Å².